The van der Waals surface area contributed by atoms with Crippen LogP contribution in [-0.2, 0) is 9.59 Å². The third-order valence-electron chi connectivity index (χ3n) is 1.73. The fourth-order valence-electron chi connectivity index (χ4n) is 1.06. The molecule has 0 aliphatic rings. The molecule has 0 saturated carbocycles. The first kappa shape index (κ1) is 11.1. The molecule has 1 heterocycles. The van der Waals surface area contributed by atoms with E-state index in [1.165, 1.54) is 0 Å². The lowest BCUT2D eigenvalue weighted by Crippen LogP contribution is -2.31. The third-order valence-corrected chi connectivity index (χ3v) is 1.73. The Morgan fingerprint density at radius 3 is 2.53 bits per heavy atom. The molecule has 0 spiro atoms. The normalized spacial score (nSPS) is 12.1. The van der Waals surface area contributed by atoms with Gasteiger partial charge in [-0.2, -0.15) is 0 Å². The zero-order valence-corrected chi connectivity index (χ0v) is 8.06. The van der Waals surface area contributed by atoms with Crippen LogP contribution in [0.4, 0.5) is 5.88 Å². The van der Waals surface area contributed by atoms with Crippen LogP contribution in [0.5, 0.6) is 0 Å². The number of aliphatic carboxylic acids is 2. The summed E-state index contributed by atoms with van der Waals surface area (Å²) in [6, 6.07) is 2.02. The number of hydrogen-bond acceptors (Lipinski definition) is 4. The van der Waals surface area contributed by atoms with Crippen LogP contribution in [-0.4, -0.2) is 28.2 Å². The second kappa shape index (κ2) is 4.50. The molecule has 1 aromatic rings. The van der Waals surface area contributed by atoms with Gasteiger partial charge in [0.05, 0.1) is 6.42 Å². The summed E-state index contributed by atoms with van der Waals surface area (Å²) in [6.07, 6.45) is -0.505. The maximum atomic E-state index is 10.7. The van der Waals surface area contributed by atoms with Crippen LogP contribution in [0.1, 0.15) is 12.2 Å². The molecule has 6 nitrogen and oxygen atoms in total. The summed E-state index contributed by atoms with van der Waals surface area (Å²) in [5.41, 5.74) is 0. The summed E-state index contributed by atoms with van der Waals surface area (Å²) in [6.45, 7) is 1.71. The van der Waals surface area contributed by atoms with Crippen molar-refractivity contribution in [3.63, 3.8) is 0 Å². The van der Waals surface area contributed by atoms with E-state index in [1.54, 1.807) is 19.1 Å². The number of carbonyl (C=O) groups is 2. The number of carboxylic acids is 2. The van der Waals surface area contributed by atoms with Crippen molar-refractivity contribution in [1.29, 1.82) is 0 Å². The first-order valence-corrected chi connectivity index (χ1v) is 4.26. The minimum Gasteiger partial charge on any atom is -0.481 e. The highest BCUT2D eigenvalue weighted by Gasteiger charge is 2.21. The van der Waals surface area contributed by atoms with Gasteiger partial charge in [-0.3, -0.25) is 4.79 Å². The highest BCUT2D eigenvalue weighted by Crippen LogP contribution is 2.14. The maximum absolute atomic E-state index is 10.7. The van der Waals surface area contributed by atoms with E-state index < -0.39 is 24.4 Å². The van der Waals surface area contributed by atoms with Gasteiger partial charge in [-0.15, -0.1) is 0 Å². The zero-order chi connectivity index (χ0) is 11.4. The summed E-state index contributed by atoms with van der Waals surface area (Å²) in [5.74, 6) is -1.54. The van der Waals surface area contributed by atoms with E-state index in [-0.39, 0.29) is 5.88 Å². The van der Waals surface area contributed by atoms with E-state index >= 15 is 0 Å². The molecule has 0 radical (unpaired) electrons. The van der Waals surface area contributed by atoms with Gasteiger partial charge in [-0.05, 0) is 13.0 Å². The minimum absolute atomic E-state index is 0.251. The Kier molecular flexibility index (Phi) is 3.33. The van der Waals surface area contributed by atoms with Crippen molar-refractivity contribution in [2.24, 2.45) is 0 Å². The Bertz CT molecular complexity index is 370. The van der Waals surface area contributed by atoms with Gasteiger partial charge >= 0.3 is 11.9 Å². The van der Waals surface area contributed by atoms with Crippen molar-refractivity contribution in [2.45, 2.75) is 19.4 Å². The second-order valence-electron chi connectivity index (χ2n) is 3.04. The predicted octanol–water partition coefficient (Wildman–Crippen LogP) is 0.928. The molecule has 1 unspecified atom stereocenters. The molecule has 3 N–H and O–H groups in total. The monoisotopic (exact) mass is 213 g/mol. The summed E-state index contributed by atoms with van der Waals surface area (Å²) in [5, 5.41) is 19.7. The number of anilines is 1. The summed E-state index contributed by atoms with van der Waals surface area (Å²) < 4.78 is 5.08. The zero-order valence-electron chi connectivity index (χ0n) is 8.06. The van der Waals surface area contributed by atoms with Gasteiger partial charge in [0.15, 0.2) is 5.88 Å². The lowest BCUT2D eigenvalue weighted by atomic mass is 10.2. The summed E-state index contributed by atoms with van der Waals surface area (Å²) >= 11 is 0. The molecule has 1 rings (SSSR count). The van der Waals surface area contributed by atoms with Gasteiger partial charge in [0.1, 0.15) is 11.8 Å². The van der Waals surface area contributed by atoms with Crippen LogP contribution < -0.4 is 5.32 Å². The molecule has 0 aliphatic carbocycles. The number of carboxylic acid groups (broad SMARTS) is 2. The fraction of sp³-hybridized carbons (Fsp3) is 0.333. The Hall–Kier alpha value is -1.98. The Morgan fingerprint density at radius 2 is 2.13 bits per heavy atom. The number of hydrogen-bond donors (Lipinski definition) is 3. The largest absolute Gasteiger partial charge is 0.481 e. The van der Waals surface area contributed by atoms with Crippen LogP contribution in [0.3, 0.4) is 0 Å². The molecular formula is C9H11NO5. The van der Waals surface area contributed by atoms with Gasteiger partial charge in [0, 0.05) is 6.07 Å². The van der Waals surface area contributed by atoms with E-state index in [4.69, 9.17) is 14.6 Å². The van der Waals surface area contributed by atoms with E-state index in [2.05, 4.69) is 5.32 Å². The van der Waals surface area contributed by atoms with Crippen molar-refractivity contribution in [1.82, 2.24) is 0 Å². The smallest absolute Gasteiger partial charge is 0.326 e. The SMILES string of the molecule is Cc1ccc(NC(CC(=O)O)C(=O)O)o1. The molecule has 6 heteroatoms. The molecule has 82 valence electrons. The third kappa shape index (κ3) is 3.34. The lowest BCUT2D eigenvalue weighted by molar-refractivity contribution is -0.144. The Balaban J connectivity index is 2.66. The quantitative estimate of drug-likeness (QED) is 0.672. The molecule has 0 aliphatic heterocycles. The molecule has 0 amide bonds. The van der Waals surface area contributed by atoms with Crippen LogP contribution in [0.25, 0.3) is 0 Å². The molecule has 1 aromatic heterocycles. The average molecular weight is 213 g/mol. The highest BCUT2D eigenvalue weighted by atomic mass is 16.4. The van der Waals surface area contributed by atoms with E-state index in [0.29, 0.717) is 5.76 Å². The highest BCUT2D eigenvalue weighted by molar-refractivity contribution is 5.82. The molecule has 0 fully saturated rings. The number of furan rings is 1. The van der Waals surface area contributed by atoms with Gasteiger partial charge in [-0.1, -0.05) is 0 Å². The van der Waals surface area contributed by atoms with E-state index in [1.807, 2.05) is 0 Å². The Labute approximate surface area is 85.5 Å². The second-order valence-corrected chi connectivity index (χ2v) is 3.04. The van der Waals surface area contributed by atoms with Crippen LogP contribution in [0.2, 0.25) is 0 Å². The summed E-state index contributed by atoms with van der Waals surface area (Å²) in [4.78, 5) is 21.1. The van der Waals surface area contributed by atoms with Crippen LogP contribution in [0, 0.1) is 6.92 Å². The van der Waals surface area contributed by atoms with Crippen molar-refractivity contribution >= 4 is 17.8 Å². The molecule has 0 aromatic carbocycles. The average Bonchev–Trinajstić information content (AvgIpc) is 2.49. The molecule has 1 atom stereocenters. The number of aryl methyl sites for hydroxylation is 1. The molecule has 0 saturated heterocycles. The first-order chi connectivity index (χ1) is 6.99. The van der Waals surface area contributed by atoms with Gasteiger partial charge in [0.2, 0.25) is 0 Å². The number of nitrogens with one attached hydrogen (secondary N) is 1. The summed E-state index contributed by atoms with van der Waals surface area (Å²) in [7, 11) is 0. The predicted molar refractivity (Wildman–Crippen MR) is 50.7 cm³/mol. The lowest BCUT2D eigenvalue weighted by Gasteiger charge is -2.10. The van der Waals surface area contributed by atoms with Crippen LogP contribution >= 0.6 is 0 Å². The maximum Gasteiger partial charge on any atom is 0.326 e. The first-order valence-electron chi connectivity index (χ1n) is 4.26. The minimum atomic E-state index is -1.23. The molecule has 15 heavy (non-hydrogen) atoms. The number of rotatable bonds is 5. The van der Waals surface area contributed by atoms with Crippen molar-refractivity contribution in [2.75, 3.05) is 5.32 Å². The molecule has 0 bridgehead atoms. The van der Waals surface area contributed by atoms with Crippen LogP contribution in [0.15, 0.2) is 16.5 Å². The standard InChI is InChI=1S/C9H11NO5/c1-5-2-3-7(15-5)10-6(9(13)14)4-8(11)12/h2-3,6,10H,4H2,1H3,(H,11,12)(H,13,14). The van der Waals surface area contributed by atoms with Crippen molar-refractivity contribution < 1.29 is 24.2 Å². The van der Waals surface area contributed by atoms with Crippen molar-refractivity contribution in [3.05, 3.63) is 17.9 Å². The topological polar surface area (TPSA) is 99.8 Å². The fourth-order valence-corrected chi connectivity index (χ4v) is 1.06. The van der Waals surface area contributed by atoms with Crippen molar-refractivity contribution in [3.8, 4) is 0 Å². The van der Waals surface area contributed by atoms with E-state index in [9.17, 15) is 9.59 Å². The molecular weight excluding hydrogens is 202 g/mol. The van der Waals surface area contributed by atoms with Gasteiger partial charge < -0.3 is 19.9 Å². The van der Waals surface area contributed by atoms with E-state index in [0.717, 1.165) is 0 Å². The van der Waals surface area contributed by atoms with Gasteiger partial charge in [-0.25, -0.2) is 4.79 Å². The van der Waals surface area contributed by atoms with Gasteiger partial charge in [0.25, 0.3) is 0 Å². The Morgan fingerprint density at radius 1 is 1.47 bits per heavy atom.